The lowest BCUT2D eigenvalue weighted by Gasteiger charge is -2.16. The van der Waals surface area contributed by atoms with E-state index >= 15 is 0 Å². The number of ether oxygens (including phenoxy) is 1. The molecule has 5 heteroatoms. The number of nitrogens with one attached hydrogen (secondary N) is 2. The van der Waals surface area contributed by atoms with Crippen LogP contribution in [0.1, 0.15) is 30.8 Å². The Balaban J connectivity index is 2.26. The van der Waals surface area contributed by atoms with Gasteiger partial charge in [-0.2, -0.15) is 0 Å². The molecule has 0 atom stereocenters. The van der Waals surface area contributed by atoms with Gasteiger partial charge >= 0.3 is 0 Å². The number of nitrogens with zero attached hydrogens (tertiary/aromatic N) is 2. The second-order valence-corrected chi connectivity index (χ2v) is 5.39. The van der Waals surface area contributed by atoms with Gasteiger partial charge in [0, 0.05) is 25.4 Å². The summed E-state index contributed by atoms with van der Waals surface area (Å²) in [6.45, 7) is 7.60. The van der Waals surface area contributed by atoms with Crippen molar-refractivity contribution in [3.8, 4) is 0 Å². The third-order valence-electron chi connectivity index (χ3n) is 3.70. The Hall–Kier alpha value is -2.14. The molecule has 2 aromatic rings. The first-order valence-electron chi connectivity index (χ1n) is 8.14. The van der Waals surface area contributed by atoms with E-state index in [4.69, 9.17) is 4.74 Å². The van der Waals surface area contributed by atoms with Gasteiger partial charge in [-0.05, 0) is 30.9 Å². The second kappa shape index (κ2) is 8.48. The van der Waals surface area contributed by atoms with Crippen molar-refractivity contribution in [3.05, 3.63) is 41.2 Å². The number of benzene rings is 1. The molecule has 0 aliphatic carbocycles. The smallest absolute Gasteiger partial charge is 0.136 e. The number of hydrogen-bond acceptors (Lipinski definition) is 5. The number of rotatable bonds is 8. The van der Waals surface area contributed by atoms with Crippen LogP contribution in [0.5, 0.6) is 0 Å². The lowest BCUT2D eigenvalue weighted by molar-refractivity contribution is 0.210. The van der Waals surface area contributed by atoms with Gasteiger partial charge in [-0.15, -0.1) is 0 Å². The number of methoxy groups -OCH3 is 1. The fraction of sp³-hybridized carbons (Fsp3) is 0.444. The molecule has 5 nitrogen and oxygen atoms in total. The van der Waals surface area contributed by atoms with Crippen LogP contribution in [0, 0.1) is 6.92 Å². The topological polar surface area (TPSA) is 59.1 Å². The molecule has 124 valence electrons. The number of anilines is 3. The van der Waals surface area contributed by atoms with Gasteiger partial charge in [0.05, 0.1) is 6.61 Å². The van der Waals surface area contributed by atoms with Crippen molar-refractivity contribution in [3.63, 3.8) is 0 Å². The zero-order valence-electron chi connectivity index (χ0n) is 14.4. The first-order chi connectivity index (χ1) is 11.2. The van der Waals surface area contributed by atoms with Crippen LogP contribution in [0.25, 0.3) is 0 Å². The molecule has 0 saturated carbocycles. The number of aromatic nitrogens is 2. The van der Waals surface area contributed by atoms with E-state index in [-0.39, 0.29) is 0 Å². The average Bonchev–Trinajstić information content (AvgIpc) is 2.55. The summed E-state index contributed by atoms with van der Waals surface area (Å²) in [6.07, 6.45) is 1.97. The molecule has 23 heavy (non-hydrogen) atoms. The van der Waals surface area contributed by atoms with Gasteiger partial charge in [0.2, 0.25) is 0 Å². The van der Waals surface area contributed by atoms with Crippen molar-refractivity contribution in [2.45, 2.75) is 33.6 Å². The summed E-state index contributed by atoms with van der Waals surface area (Å²) in [7, 11) is 1.69. The van der Waals surface area contributed by atoms with Crippen molar-refractivity contribution in [1.82, 2.24) is 9.97 Å². The molecule has 0 fully saturated rings. The normalized spacial score (nSPS) is 10.6. The predicted octanol–water partition coefficient (Wildman–Crippen LogP) is 3.71. The number of para-hydroxylation sites is 1. The fourth-order valence-corrected chi connectivity index (χ4v) is 2.53. The minimum Gasteiger partial charge on any atom is -0.383 e. The van der Waals surface area contributed by atoms with Gasteiger partial charge in [-0.1, -0.05) is 32.0 Å². The number of hydrogen-bond donors (Lipinski definition) is 2. The molecule has 0 bridgehead atoms. The SMILES string of the molecule is CCc1cccc(CC)c1Nc1cc(NCCOC)nc(C)n1. The quantitative estimate of drug-likeness (QED) is 0.727. The van der Waals surface area contributed by atoms with Crippen LogP contribution in [0.3, 0.4) is 0 Å². The Morgan fingerprint density at radius 3 is 2.30 bits per heavy atom. The van der Waals surface area contributed by atoms with Crippen LogP contribution >= 0.6 is 0 Å². The third kappa shape index (κ3) is 4.66. The van der Waals surface area contributed by atoms with E-state index in [0.717, 1.165) is 36.8 Å². The van der Waals surface area contributed by atoms with E-state index in [1.54, 1.807) is 7.11 Å². The highest BCUT2D eigenvalue weighted by Gasteiger charge is 2.09. The fourth-order valence-electron chi connectivity index (χ4n) is 2.53. The van der Waals surface area contributed by atoms with Crippen molar-refractivity contribution in [1.29, 1.82) is 0 Å². The minimum absolute atomic E-state index is 0.643. The summed E-state index contributed by atoms with van der Waals surface area (Å²) in [5.41, 5.74) is 3.77. The van der Waals surface area contributed by atoms with Crippen LogP contribution in [0.2, 0.25) is 0 Å². The predicted molar refractivity (Wildman–Crippen MR) is 95.6 cm³/mol. The molecule has 0 radical (unpaired) electrons. The molecule has 0 spiro atoms. The van der Waals surface area contributed by atoms with Gasteiger partial charge in [-0.25, -0.2) is 9.97 Å². The Labute approximate surface area is 138 Å². The molecule has 1 aromatic carbocycles. The van der Waals surface area contributed by atoms with Crippen LogP contribution in [-0.2, 0) is 17.6 Å². The van der Waals surface area contributed by atoms with Gasteiger partial charge < -0.3 is 15.4 Å². The van der Waals surface area contributed by atoms with E-state index in [9.17, 15) is 0 Å². The second-order valence-electron chi connectivity index (χ2n) is 5.39. The van der Waals surface area contributed by atoms with Crippen molar-refractivity contribution in [2.75, 3.05) is 30.9 Å². The summed E-state index contributed by atoms with van der Waals surface area (Å²) < 4.78 is 5.06. The van der Waals surface area contributed by atoms with Crippen LogP contribution in [0.4, 0.5) is 17.3 Å². The third-order valence-corrected chi connectivity index (χ3v) is 3.70. The Morgan fingerprint density at radius 2 is 1.70 bits per heavy atom. The van der Waals surface area contributed by atoms with E-state index in [1.807, 2.05) is 13.0 Å². The van der Waals surface area contributed by atoms with Crippen LogP contribution in [0.15, 0.2) is 24.3 Å². The maximum Gasteiger partial charge on any atom is 0.136 e. The van der Waals surface area contributed by atoms with Crippen molar-refractivity contribution in [2.24, 2.45) is 0 Å². The highest BCUT2D eigenvalue weighted by molar-refractivity contribution is 5.66. The molecular weight excluding hydrogens is 288 g/mol. The largest absolute Gasteiger partial charge is 0.383 e. The van der Waals surface area contributed by atoms with E-state index in [0.29, 0.717) is 6.61 Å². The summed E-state index contributed by atoms with van der Waals surface area (Å²) in [4.78, 5) is 8.93. The molecule has 0 unspecified atom stereocenters. The molecule has 0 saturated heterocycles. The molecule has 1 heterocycles. The zero-order valence-corrected chi connectivity index (χ0v) is 14.4. The molecule has 2 N–H and O–H groups in total. The summed E-state index contributed by atoms with van der Waals surface area (Å²) in [6, 6.07) is 8.38. The standard InChI is InChI=1S/C18H26N4O/c1-5-14-8-7-9-15(6-2)18(14)22-17-12-16(19-10-11-23-4)20-13(3)21-17/h7-9,12H,5-6,10-11H2,1-4H3,(H2,19,20,21,22). The summed E-state index contributed by atoms with van der Waals surface area (Å²) in [5, 5.41) is 6.75. The maximum atomic E-state index is 5.06. The minimum atomic E-state index is 0.643. The van der Waals surface area contributed by atoms with Gasteiger partial charge in [0.1, 0.15) is 17.5 Å². The lowest BCUT2D eigenvalue weighted by Crippen LogP contribution is -2.10. The maximum absolute atomic E-state index is 5.06. The molecular formula is C18H26N4O. The molecule has 2 rings (SSSR count). The highest BCUT2D eigenvalue weighted by atomic mass is 16.5. The van der Waals surface area contributed by atoms with E-state index in [1.165, 1.54) is 16.8 Å². The zero-order chi connectivity index (χ0) is 16.7. The van der Waals surface area contributed by atoms with Gasteiger partial charge in [0.15, 0.2) is 0 Å². The van der Waals surface area contributed by atoms with E-state index in [2.05, 4.69) is 52.6 Å². The summed E-state index contributed by atoms with van der Waals surface area (Å²) >= 11 is 0. The highest BCUT2D eigenvalue weighted by Crippen LogP contribution is 2.26. The molecule has 0 aliphatic rings. The number of aryl methyl sites for hydroxylation is 3. The summed E-state index contributed by atoms with van der Waals surface area (Å²) in [5.74, 6) is 2.36. The molecule has 0 amide bonds. The molecule has 1 aromatic heterocycles. The van der Waals surface area contributed by atoms with Crippen molar-refractivity contribution < 1.29 is 4.74 Å². The first-order valence-corrected chi connectivity index (χ1v) is 8.14. The van der Waals surface area contributed by atoms with Gasteiger partial charge in [0.25, 0.3) is 0 Å². The van der Waals surface area contributed by atoms with Gasteiger partial charge in [-0.3, -0.25) is 0 Å². The van der Waals surface area contributed by atoms with Crippen LogP contribution in [-0.4, -0.2) is 30.2 Å². The average molecular weight is 314 g/mol. The van der Waals surface area contributed by atoms with Crippen molar-refractivity contribution >= 4 is 17.3 Å². The Morgan fingerprint density at radius 1 is 1.04 bits per heavy atom. The monoisotopic (exact) mass is 314 g/mol. The van der Waals surface area contributed by atoms with Crippen LogP contribution < -0.4 is 10.6 Å². The molecule has 0 aliphatic heterocycles. The lowest BCUT2D eigenvalue weighted by atomic mass is 10.0. The Kier molecular flexibility index (Phi) is 6.35. The van der Waals surface area contributed by atoms with E-state index < -0.39 is 0 Å². The first kappa shape index (κ1) is 17.2. The Bertz CT molecular complexity index is 621.